The standard InChI is InChI=1S/C14H17NO7/c1-2-3-8-14(13(19)20,21-22-15)11(16)9-6-4-5-7-10(9)12(17)18/h4-7H,2-3,8,15H2,1H3,(H,17,18)(H,19,20). The summed E-state index contributed by atoms with van der Waals surface area (Å²) in [5.41, 5.74) is -3.00. The molecule has 1 unspecified atom stereocenters. The van der Waals surface area contributed by atoms with Crippen molar-refractivity contribution in [1.29, 1.82) is 0 Å². The van der Waals surface area contributed by atoms with Crippen LogP contribution < -0.4 is 5.90 Å². The Morgan fingerprint density at radius 2 is 1.77 bits per heavy atom. The smallest absolute Gasteiger partial charge is 0.347 e. The van der Waals surface area contributed by atoms with E-state index in [2.05, 4.69) is 9.88 Å². The van der Waals surface area contributed by atoms with E-state index >= 15 is 0 Å². The first-order valence-electron chi connectivity index (χ1n) is 6.55. The molecule has 4 N–H and O–H groups in total. The number of nitrogens with two attached hydrogens (primary N) is 1. The molecule has 1 rings (SSSR count). The molecule has 1 aromatic rings. The van der Waals surface area contributed by atoms with Gasteiger partial charge in [0.15, 0.2) is 0 Å². The van der Waals surface area contributed by atoms with Gasteiger partial charge < -0.3 is 10.2 Å². The molecule has 1 aromatic carbocycles. The van der Waals surface area contributed by atoms with Crippen molar-refractivity contribution in [3.05, 3.63) is 35.4 Å². The van der Waals surface area contributed by atoms with Crippen LogP contribution in [0.15, 0.2) is 24.3 Å². The molecule has 0 saturated heterocycles. The molecule has 0 aliphatic heterocycles. The summed E-state index contributed by atoms with van der Waals surface area (Å²) in [7, 11) is 0. The molecule has 120 valence electrons. The number of hydrogen-bond acceptors (Lipinski definition) is 6. The zero-order valence-corrected chi connectivity index (χ0v) is 11.9. The molecule has 0 spiro atoms. The van der Waals surface area contributed by atoms with E-state index in [0.717, 1.165) is 0 Å². The van der Waals surface area contributed by atoms with Crippen LogP contribution in [-0.4, -0.2) is 33.5 Å². The lowest BCUT2D eigenvalue weighted by atomic mass is 9.86. The molecule has 0 amide bonds. The predicted octanol–water partition coefficient (Wildman–Crippen LogP) is 1.40. The molecule has 0 heterocycles. The average Bonchev–Trinajstić information content (AvgIpc) is 2.50. The number of unbranched alkanes of at least 4 members (excludes halogenated alkanes) is 1. The molecular formula is C14H17NO7. The SMILES string of the molecule is CCCCC(OON)(C(=O)O)C(=O)c1ccccc1C(=O)O. The maximum absolute atomic E-state index is 12.6. The Balaban J connectivity index is 3.39. The number of hydrogen-bond donors (Lipinski definition) is 3. The van der Waals surface area contributed by atoms with Crippen LogP contribution in [0.3, 0.4) is 0 Å². The Hall–Kier alpha value is -2.29. The Morgan fingerprint density at radius 3 is 2.23 bits per heavy atom. The highest BCUT2D eigenvalue weighted by atomic mass is 17.3. The van der Waals surface area contributed by atoms with Gasteiger partial charge in [-0.3, -0.25) is 4.79 Å². The Labute approximate surface area is 126 Å². The highest BCUT2D eigenvalue weighted by molar-refractivity contribution is 6.18. The van der Waals surface area contributed by atoms with E-state index in [4.69, 9.17) is 11.0 Å². The van der Waals surface area contributed by atoms with Crippen molar-refractivity contribution in [3.63, 3.8) is 0 Å². The molecular weight excluding hydrogens is 294 g/mol. The number of ketones is 1. The lowest BCUT2D eigenvalue weighted by Gasteiger charge is -2.25. The van der Waals surface area contributed by atoms with E-state index in [1.807, 2.05) is 0 Å². The second-order valence-corrected chi connectivity index (χ2v) is 4.60. The van der Waals surface area contributed by atoms with Gasteiger partial charge in [-0.25, -0.2) is 9.59 Å². The van der Waals surface area contributed by atoms with Crippen molar-refractivity contribution in [3.8, 4) is 0 Å². The van der Waals surface area contributed by atoms with Crippen LogP contribution in [0.2, 0.25) is 0 Å². The zero-order valence-electron chi connectivity index (χ0n) is 11.9. The van der Waals surface area contributed by atoms with Gasteiger partial charge in [0.25, 0.3) is 5.60 Å². The molecule has 0 bridgehead atoms. The van der Waals surface area contributed by atoms with E-state index in [9.17, 15) is 19.5 Å². The summed E-state index contributed by atoms with van der Waals surface area (Å²) in [6, 6.07) is 5.27. The normalized spacial score (nSPS) is 13.4. The summed E-state index contributed by atoms with van der Waals surface area (Å²) >= 11 is 0. The summed E-state index contributed by atoms with van der Waals surface area (Å²) < 4.78 is 0. The minimum atomic E-state index is -2.39. The van der Waals surface area contributed by atoms with Gasteiger partial charge in [0, 0.05) is 5.56 Å². The van der Waals surface area contributed by atoms with Crippen LogP contribution >= 0.6 is 0 Å². The minimum absolute atomic E-state index is 0.206. The van der Waals surface area contributed by atoms with Gasteiger partial charge in [0.05, 0.1) is 5.56 Å². The maximum Gasteiger partial charge on any atom is 0.347 e. The topological polar surface area (TPSA) is 136 Å². The lowest BCUT2D eigenvalue weighted by Crippen LogP contribution is -2.50. The first-order valence-corrected chi connectivity index (χ1v) is 6.55. The Morgan fingerprint density at radius 1 is 1.18 bits per heavy atom. The van der Waals surface area contributed by atoms with Crippen molar-refractivity contribution < 1.29 is 34.5 Å². The van der Waals surface area contributed by atoms with E-state index in [1.165, 1.54) is 24.3 Å². The Kier molecular flexibility index (Phi) is 6.17. The second kappa shape index (κ2) is 7.64. The molecule has 8 nitrogen and oxygen atoms in total. The monoisotopic (exact) mass is 311 g/mol. The van der Waals surface area contributed by atoms with Crippen LogP contribution in [-0.2, 0) is 14.7 Å². The first kappa shape index (κ1) is 17.8. The summed E-state index contributed by atoms with van der Waals surface area (Å²) in [5, 5.41) is 18.5. The first-order chi connectivity index (χ1) is 10.4. The molecule has 0 fully saturated rings. The Bertz CT molecular complexity index is 572. The van der Waals surface area contributed by atoms with E-state index < -0.39 is 23.3 Å². The second-order valence-electron chi connectivity index (χ2n) is 4.60. The van der Waals surface area contributed by atoms with Gasteiger partial charge in [0.1, 0.15) is 0 Å². The van der Waals surface area contributed by atoms with Gasteiger partial charge in [-0.05, 0) is 18.9 Å². The van der Waals surface area contributed by atoms with Gasteiger partial charge >= 0.3 is 11.9 Å². The fourth-order valence-electron chi connectivity index (χ4n) is 2.03. The van der Waals surface area contributed by atoms with Crippen molar-refractivity contribution in [2.24, 2.45) is 5.90 Å². The largest absolute Gasteiger partial charge is 0.479 e. The summed E-state index contributed by atoms with van der Waals surface area (Å²) in [6.07, 6.45) is 0.732. The molecule has 0 aromatic heterocycles. The van der Waals surface area contributed by atoms with E-state index in [1.54, 1.807) is 6.92 Å². The van der Waals surface area contributed by atoms with Gasteiger partial charge in [-0.1, -0.05) is 31.5 Å². The van der Waals surface area contributed by atoms with Crippen LogP contribution in [0, 0.1) is 0 Å². The average molecular weight is 311 g/mol. The van der Waals surface area contributed by atoms with Crippen LogP contribution in [0.4, 0.5) is 0 Å². The number of carboxylic acid groups (broad SMARTS) is 2. The van der Waals surface area contributed by atoms with Crippen molar-refractivity contribution in [2.45, 2.75) is 31.8 Å². The van der Waals surface area contributed by atoms with Gasteiger partial charge in [0.2, 0.25) is 5.78 Å². The molecule has 0 aliphatic carbocycles. The number of aromatic carboxylic acids is 1. The summed E-state index contributed by atoms with van der Waals surface area (Å²) in [6.45, 7) is 1.80. The fraction of sp³-hybridized carbons (Fsp3) is 0.357. The number of carbonyl (C=O) groups is 3. The molecule has 0 aliphatic rings. The fourth-order valence-corrected chi connectivity index (χ4v) is 2.03. The molecule has 0 radical (unpaired) electrons. The zero-order chi connectivity index (χ0) is 16.8. The molecule has 22 heavy (non-hydrogen) atoms. The number of Topliss-reactive ketones (excluding diaryl/α,β-unsaturated/α-hetero) is 1. The minimum Gasteiger partial charge on any atom is -0.479 e. The highest BCUT2D eigenvalue weighted by Crippen LogP contribution is 2.27. The van der Waals surface area contributed by atoms with Crippen molar-refractivity contribution >= 4 is 17.7 Å². The predicted molar refractivity (Wildman–Crippen MR) is 74.0 cm³/mol. The van der Waals surface area contributed by atoms with Crippen LogP contribution in [0.5, 0.6) is 0 Å². The number of aliphatic carboxylic acids is 1. The maximum atomic E-state index is 12.6. The molecule has 1 atom stereocenters. The third-order valence-corrected chi connectivity index (χ3v) is 3.19. The van der Waals surface area contributed by atoms with Crippen LogP contribution in [0.1, 0.15) is 46.9 Å². The van der Waals surface area contributed by atoms with Crippen molar-refractivity contribution in [1.82, 2.24) is 0 Å². The number of carbonyl (C=O) groups excluding carboxylic acids is 1. The third kappa shape index (κ3) is 3.48. The van der Waals surface area contributed by atoms with E-state index in [0.29, 0.717) is 12.8 Å². The summed E-state index contributed by atoms with van der Waals surface area (Å²) in [5.74, 6) is 0.798. The third-order valence-electron chi connectivity index (χ3n) is 3.19. The quantitative estimate of drug-likeness (QED) is 0.269. The number of benzene rings is 1. The van der Waals surface area contributed by atoms with Gasteiger partial charge in [-0.15, -0.1) is 4.99 Å². The van der Waals surface area contributed by atoms with E-state index in [-0.39, 0.29) is 17.5 Å². The van der Waals surface area contributed by atoms with Crippen molar-refractivity contribution in [2.75, 3.05) is 0 Å². The number of carboxylic acids is 2. The molecule has 8 heteroatoms. The highest BCUT2D eigenvalue weighted by Gasteiger charge is 2.50. The van der Waals surface area contributed by atoms with Crippen LogP contribution in [0.25, 0.3) is 0 Å². The molecule has 0 saturated carbocycles. The number of rotatable bonds is 9. The summed E-state index contributed by atoms with van der Waals surface area (Å²) in [4.78, 5) is 43.9. The van der Waals surface area contributed by atoms with Gasteiger partial charge in [-0.2, -0.15) is 10.8 Å². The lowest BCUT2D eigenvalue weighted by molar-refractivity contribution is -0.345.